The Labute approximate surface area is 148 Å². The predicted octanol–water partition coefficient (Wildman–Crippen LogP) is 4.79. The van der Waals surface area contributed by atoms with Crippen molar-refractivity contribution in [1.29, 1.82) is 0 Å². The number of hydrogen-bond acceptors (Lipinski definition) is 4. The van der Waals surface area contributed by atoms with Crippen LogP contribution in [-0.2, 0) is 11.3 Å². The van der Waals surface area contributed by atoms with Gasteiger partial charge in [-0.3, -0.25) is 10.3 Å². The Morgan fingerprint density at radius 2 is 1.96 bits per heavy atom. The van der Waals surface area contributed by atoms with Gasteiger partial charge in [0.05, 0.1) is 12.6 Å². The van der Waals surface area contributed by atoms with Crippen LogP contribution in [-0.4, -0.2) is 18.2 Å². The highest BCUT2D eigenvalue weighted by Gasteiger charge is 2.04. The number of carbonyl (C=O) groups is 1. The number of rotatable bonds is 4. The normalized spacial score (nSPS) is 10.4. The van der Waals surface area contributed by atoms with Gasteiger partial charge in [-0.25, -0.2) is 4.79 Å². The number of amides is 1. The fourth-order valence-corrected chi connectivity index (χ4v) is 2.70. The zero-order valence-electron chi connectivity index (χ0n) is 13.0. The molecule has 0 saturated heterocycles. The van der Waals surface area contributed by atoms with Gasteiger partial charge in [0.15, 0.2) is 0 Å². The van der Waals surface area contributed by atoms with Crippen molar-refractivity contribution in [3.05, 3.63) is 64.8 Å². The Kier molecular flexibility index (Phi) is 4.96. The number of hydrogen-bond donors (Lipinski definition) is 2. The van der Waals surface area contributed by atoms with E-state index in [-0.39, 0.29) is 0 Å². The molecule has 0 unspecified atom stereocenters. The maximum absolute atomic E-state index is 11.2. The topological polar surface area (TPSA) is 63.2 Å². The highest BCUT2D eigenvalue weighted by Crippen LogP contribution is 2.25. The van der Waals surface area contributed by atoms with Gasteiger partial charge in [0.25, 0.3) is 0 Å². The van der Waals surface area contributed by atoms with E-state index in [0.29, 0.717) is 12.2 Å². The highest BCUT2D eigenvalue weighted by atomic mass is 79.9. The number of nitrogens with one attached hydrogen (secondary N) is 2. The van der Waals surface area contributed by atoms with Gasteiger partial charge >= 0.3 is 6.09 Å². The molecular weight excluding hydrogens is 370 g/mol. The number of halogens is 1. The Morgan fingerprint density at radius 1 is 1.17 bits per heavy atom. The molecule has 0 bridgehead atoms. The molecular formula is C18H16BrN3O2. The predicted molar refractivity (Wildman–Crippen MR) is 99.2 cm³/mol. The van der Waals surface area contributed by atoms with E-state index in [0.717, 1.165) is 26.6 Å². The van der Waals surface area contributed by atoms with E-state index >= 15 is 0 Å². The number of methoxy groups -OCH3 is 1. The second-order valence-corrected chi connectivity index (χ2v) is 6.10. The van der Waals surface area contributed by atoms with Gasteiger partial charge in [-0.05, 0) is 42.0 Å². The summed E-state index contributed by atoms with van der Waals surface area (Å²) in [6.07, 6.45) is 1.32. The Morgan fingerprint density at radius 3 is 2.71 bits per heavy atom. The molecule has 0 saturated carbocycles. The highest BCUT2D eigenvalue weighted by molar-refractivity contribution is 9.10. The van der Waals surface area contributed by atoms with Crippen LogP contribution in [0.25, 0.3) is 10.9 Å². The fraction of sp³-hybridized carbons (Fsp3) is 0.111. The summed E-state index contributed by atoms with van der Waals surface area (Å²) < 4.78 is 5.58. The molecule has 3 aromatic rings. The van der Waals surface area contributed by atoms with Crippen molar-refractivity contribution in [3.63, 3.8) is 0 Å². The van der Waals surface area contributed by atoms with Gasteiger partial charge in [-0.15, -0.1) is 0 Å². The van der Waals surface area contributed by atoms with Crippen LogP contribution < -0.4 is 10.6 Å². The van der Waals surface area contributed by atoms with E-state index in [1.54, 1.807) is 6.20 Å². The third kappa shape index (κ3) is 3.83. The van der Waals surface area contributed by atoms with Crippen LogP contribution in [0.2, 0.25) is 0 Å². The minimum atomic E-state index is -0.477. The number of fused-ring (bicyclic) bond motifs is 1. The Balaban J connectivity index is 1.71. The summed E-state index contributed by atoms with van der Waals surface area (Å²) in [7, 11) is 1.34. The van der Waals surface area contributed by atoms with Crippen LogP contribution in [0, 0.1) is 0 Å². The number of anilines is 2. The third-order valence-corrected chi connectivity index (χ3v) is 4.07. The summed E-state index contributed by atoms with van der Waals surface area (Å²) >= 11 is 3.46. The van der Waals surface area contributed by atoms with Crippen molar-refractivity contribution in [3.8, 4) is 0 Å². The minimum Gasteiger partial charge on any atom is -0.453 e. The number of nitrogens with zero attached hydrogens (tertiary/aromatic N) is 1. The first-order chi connectivity index (χ1) is 11.7. The molecule has 0 radical (unpaired) electrons. The fourth-order valence-electron chi connectivity index (χ4n) is 2.35. The molecule has 122 valence electrons. The van der Waals surface area contributed by atoms with E-state index in [1.165, 1.54) is 7.11 Å². The molecule has 1 heterocycles. The van der Waals surface area contributed by atoms with Gasteiger partial charge in [0.1, 0.15) is 0 Å². The molecule has 2 N–H and O–H groups in total. The largest absolute Gasteiger partial charge is 0.453 e. The quantitative estimate of drug-likeness (QED) is 0.677. The minimum absolute atomic E-state index is 0.477. The first-order valence-corrected chi connectivity index (χ1v) is 8.17. The summed E-state index contributed by atoms with van der Waals surface area (Å²) in [6, 6.07) is 15.6. The smallest absolute Gasteiger partial charge is 0.411 e. The standard InChI is InChI=1S/C18H16BrN3O2/c1-24-18(23)22-14-5-2-12(3-6-14)11-21-16-8-9-20-17-10-13(19)4-7-15(16)17/h2-10H,11H2,1H3,(H,20,21)(H,22,23). The number of benzene rings is 2. The van der Waals surface area contributed by atoms with Gasteiger partial charge < -0.3 is 10.1 Å². The lowest BCUT2D eigenvalue weighted by molar-refractivity contribution is 0.187. The van der Waals surface area contributed by atoms with Crippen molar-refractivity contribution in [2.45, 2.75) is 6.54 Å². The van der Waals surface area contributed by atoms with E-state index in [9.17, 15) is 4.79 Å². The van der Waals surface area contributed by atoms with Crippen molar-refractivity contribution in [1.82, 2.24) is 4.98 Å². The molecule has 1 amide bonds. The van der Waals surface area contributed by atoms with Crippen molar-refractivity contribution in [2.75, 3.05) is 17.7 Å². The van der Waals surface area contributed by atoms with Crippen LogP contribution in [0.5, 0.6) is 0 Å². The van der Waals surface area contributed by atoms with Gasteiger partial charge in [0, 0.05) is 34.0 Å². The van der Waals surface area contributed by atoms with Crippen LogP contribution in [0.4, 0.5) is 16.2 Å². The maximum Gasteiger partial charge on any atom is 0.411 e. The Bertz CT molecular complexity index is 866. The number of ether oxygens (including phenoxy) is 1. The summed E-state index contributed by atoms with van der Waals surface area (Å²) in [5, 5.41) is 7.13. The monoisotopic (exact) mass is 385 g/mol. The second kappa shape index (κ2) is 7.31. The zero-order chi connectivity index (χ0) is 16.9. The first-order valence-electron chi connectivity index (χ1n) is 7.38. The molecule has 0 fully saturated rings. The molecule has 3 rings (SSSR count). The third-order valence-electron chi connectivity index (χ3n) is 3.57. The second-order valence-electron chi connectivity index (χ2n) is 5.19. The van der Waals surface area contributed by atoms with Gasteiger partial charge in [-0.2, -0.15) is 0 Å². The molecule has 0 aliphatic carbocycles. The zero-order valence-corrected chi connectivity index (χ0v) is 14.6. The lowest BCUT2D eigenvalue weighted by Gasteiger charge is -2.10. The summed E-state index contributed by atoms with van der Waals surface area (Å²) in [4.78, 5) is 15.6. The molecule has 2 aromatic carbocycles. The lowest BCUT2D eigenvalue weighted by atomic mass is 10.1. The van der Waals surface area contributed by atoms with Crippen molar-refractivity contribution in [2.24, 2.45) is 0 Å². The molecule has 0 spiro atoms. The average Bonchev–Trinajstić information content (AvgIpc) is 2.60. The SMILES string of the molecule is COC(=O)Nc1ccc(CNc2ccnc3cc(Br)ccc23)cc1. The Hall–Kier alpha value is -2.60. The van der Waals surface area contributed by atoms with E-state index in [4.69, 9.17) is 0 Å². The lowest BCUT2D eigenvalue weighted by Crippen LogP contribution is -2.10. The van der Waals surface area contributed by atoms with Crippen LogP contribution in [0.15, 0.2) is 59.2 Å². The molecule has 1 aromatic heterocycles. The number of carbonyl (C=O) groups excluding carboxylic acids is 1. The van der Waals surface area contributed by atoms with E-state index in [1.807, 2.05) is 48.5 Å². The van der Waals surface area contributed by atoms with Gasteiger partial charge in [-0.1, -0.05) is 28.1 Å². The average molecular weight is 386 g/mol. The number of aromatic nitrogens is 1. The van der Waals surface area contributed by atoms with Crippen molar-refractivity contribution < 1.29 is 9.53 Å². The van der Waals surface area contributed by atoms with E-state index in [2.05, 4.69) is 36.3 Å². The summed E-state index contributed by atoms with van der Waals surface area (Å²) in [5.41, 5.74) is 3.77. The van der Waals surface area contributed by atoms with Gasteiger partial charge in [0.2, 0.25) is 0 Å². The molecule has 0 aliphatic rings. The molecule has 0 aliphatic heterocycles. The maximum atomic E-state index is 11.2. The van der Waals surface area contributed by atoms with Crippen molar-refractivity contribution >= 4 is 44.3 Å². The number of pyridine rings is 1. The van der Waals surface area contributed by atoms with E-state index < -0.39 is 6.09 Å². The van der Waals surface area contributed by atoms with Crippen LogP contribution in [0.1, 0.15) is 5.56 Å². The van der Waals surface area contributed by atoms with Crippen LogP contribution in [0.3, 0.4) is 0 Å². The molecule has 5 nitrogen and oxygen atoms in total. The summed E-state index contributed by atoms with van der Waals surface area (Å²) in [5.74, 6) is 0. The summed E-state index contributed by atoms with van der Waals surface area (Å²) in [6.45, 7) is 0.674. The molecule has 6 heteroatoms. The molecule has 24 heavy (non-hydrogen) atoms. The molecule has 0 atom stereocenters. The van der Waals surface area contributed by atoms with Crippen LogP contribution >= 0.6 is 15.9 Å². The first kappa shape index (κ1) is 16.3.